The van der Waals surface area contributed by atoms with Crippen molar-refractivity contribution in [2.75, 3.05) is 0 Å². The standard InChI is InChI=1S/C5H5.CH3.2ClH.Ru/c1-2-4-5-3-1;;;;/h1-5H;1H3;2*1H;/q2*-1;;;+4/p-2. The maximum atomic E-state index is 4.85. The summed E-state index contributed by atoms with van der Waals surface area (Å²) < 4.78 is 0. The fraction of sp³-hybridized carbons (Fsp3) is 0. The molecule has 0 aromatic heterocycles. The SMILES string of the molecule is [CH3-].[Cl][Ru+2][Cl].c1cc[cH-]c1. The van der Waals surface area contributed by atoms with Crippen LogP contribution >= 0.6 is 19.4 Å². The van der Waals surface area contributed by atoms with E-state index >= 15 is 0 Å². The largest absolute Gasteiger partial charge is 0.214 e. The molecule has 0 aliphatic heterocycles. The predicted octanol–water partition coefficient (Wildman–Crippen LogP) is 3.23. The minimum absolute atomic E-state index is 0. The first-order valence-corrected chi connectivity index (χ1v) is 6.41. The Morgan fingerprint density at radius 1 is 1.11 bits per heavy atom. The molecule has 9 heavy (non-hydrogen) atoms. The van der Waals surface area contributed by atoms with Crippen molar-refractivity contribution in [3.05, 3.63) is 37.8 Å². The first-order valence-electron chi connectivity index (χ1n) is 1.93. The third-order valence-corrected chi connectivity index (χ3v) is 0.556. The Balaban J connectivity index is 0. The zero-order chi connectivity index (χ0) is 6.24. The van der Waals surface area contributed by atoms with Crippen molar-refractivity contribution in [2.45, 2.75) is 0 Å². The minimum Gasteiger partial charge on any atom is -0.214 e. The smallest absolute Gasteiger partial charge is 0.172 e. The van der Waals surface area contributed by atoms with Crippen LogP contribution in [0.5, 0.6) is 0 Å². The Morgan fingerprint density at radius 3 is 1.56 bits per heavy atom. The molecular formula is C6H8Cl2Ru. The van der Waals surface area contributed by atoms with E-state index in [0.29, 0.717) is 0 Å². The Hall–Kier alpha value is 0.553. The summed E-state index contributed by atoms with van der Waals surface area (Å²) in [6, 6.07) is 10.0. The van der Waals surface area contributed by atoms with Crippen molar-refractivity contribution in [3.63, 3.8) is 0 Å². The molecule has 0 saturated carbocycles. The van der Waals surface area contributed by atoms with Crippen LogP contribution < -0.4 is 0 Å². The van der Waals surface area contributed by atoms with Gasteiger partial charge in [-0.25, -0.2) is 12.1 Å². The molecular weight excluding hydrogens is 244 g/mol. The molecule has 0 bridgehead atoms. The van der Waals surface area contributed by atoms with Gasteiger partial charge in [0.1, 0.15) is 0 Å². The average molecular weight is 252 g/mol. The van der Waals surface area contributed by atoms with Crippen LogP contribution in [0.1, 0.15) is 0 Å². The molecule has 0 amide bonds. The van der Waals surface area contributed by atoms with Crippen LogP contribution in [0.25, 0.3) is 0 Å². The fourth-order valence-electron chi connectivity index (χ4n) is 0.321. The third-order valence-electron chi connectivity index (χ3n) is 0.556. The molecule has 0 spiro atoms. The van der Waals surface area contributed by atoms with Crippen LogP contribution in [0.15, 0.2) is 30.3 Å². The van der Waals surface area contributed by atoms with Crippen LogP contribution in [0.3, 0.4) is 0 Å². The number of rotatable bonds is 0. The van der Waals surface area contributed by atoms with Gasteiger partial charge in [0.05, 0.1) is 0 Å². The first kappa shape index (κ1) is 12.3. The van der Waals surface area contributed by atoms with Crippen molar-refractivity contribution >= 4 is 19.4 Å². The zero-order valence-electron chi connectivity index (χ0n) is 5.00. The topological polar surface area (TPSA) is 0 Å². The molecule has 0 aliphatic carbocycles. The molecule has 0 radical (unpaired) electrons. The quantitative estimate of drug-likeness (QED) is 0.491. The normalized spacial score (nSPS) is 6.44. The molecule has 3 heteroatoms. The van der Waals surface area contributed by atoms with E-state index in [-0.39, 0.29) is 22.6 Å². The molecule has 1 aromatic rings. The van der Waals surface area contributed by atoms with Gasteiger partial charge in [0, 0.05) is 0 Å². The zero-order valence-corrected chi connectivity index (χ0v) is 8.25. The summed E-state index contributed by atoms with van der Waals surface area (Å²) in [6.45, 7) is 0. The van der Waals surface area contributed by atoms with Crippen LogP contribution in [-0.2, 0) is 15.1 Å². The molecule has 0 atom stereocenters. The Morgan fingerprint density at radius 2 is 1.44 bits per heavy atom. The Labute approximate surface area is 72.2 Å². The third kappa shape index (κ3) is 11.9. The molecule has 0 N–H and O–H groups in total. The van der Waals surface area contributed by atoms with Gasteiger partial charge in [0.25, 0.3) is 0 Å². The van der Waals surface area contributed by atoms with Crippen LogP contribution in [0.2, 0.25) is 0 Å². The van der Waals surface area contributed by atoms with Gasteiger partial charge in [-0.2, -0.15) is 18.2 Å². The van der Waals surface area contributed by atoms with Crippen LogP contribution in [0, 0.1) is 7.43 Å². The second kappa shape index (κ2) is 11.4. The molecule has 54 valence electrons. The van der Waals surface area contributed by atoms with E-state index in [9.17, 15) is 0 Å². The molecule has 0 nitrogen and oxygen atoms in total. The van der Waals surface area contributed by atoms with E-state index in [1.807, 2.05) is 30.3 Å². The maximum absolute atomic E-state index is 4.85. The van der Waals surface area contributed by atoms with Gasteiger partial charge < -0.3 is 7.43 Å². The van der Waals surface area contributed by atoms with Crippen molar-refractivity contribution in [3.8, 4) is 0 Å². The summed E-state index contributed by atoms with van der Waals surface area (Å²) in [6.07, 6.45) is 0. The van der Waals surface area contributed by atoms with E-state index < -0.39 is 0 Å². The van der Waals surface area contributed by atoms with E-state index in [0.717, 1.165) is 0 Å². The van der Waals surface area contributed by atoms with Gasteiger partial charge in [0.15, 0.2) is 0 Å². The summed E-state index contributed by atoms with van der Waals surface area (Å²) in [5, 5.41) is 0. The Kier molecular flexibility index (Phi) is 15.5. The van der Waals surface area contributed by atoms with E-state index in [4.69, 9.17) is 19.4 Å². The molecule has 1 rings (SSSR count). The van der Waals surface area contributed by atoms with Gasteiger partial charge >= 0.3 is 34.5 Å². The minimum atomic E-state index is -0.346. The molecule has 0 heterocycles. The van der Waals surface area contributed by atoms with Crippen molar-refractivity contribution < 1.29 is 15.1 Å². The van der Waals surface area contributed by atoms with Gasteiger partial charge in [0.2, 0.25) is 0 Å². The monoisotopic (exact) mass is 252 g/mol. The summed E-state index contributed by atoms with van der Waals surface area (Å²) in [5.74, 6) is 0. The van der Waals surface area contributed by atoms with Gasteiger partial charge in [-0.15, -0.1) is 0 Å². The molecule has 0 aliphatic rings. The summed E-state index contributed by atoms with van der Waals surface area (Å²) in [4.78, 5) is 0. The molecule has 0 saturated heterocycles. The van der Waals surface area contributed by atoms with Gasteiger partial charge in [-0.1, -0.05) is 0 Å². The second-order valence-electron chi connectivity index (χ2n) is 1.01. The fourth-order valence-corrected chi connectivity index (χ4v) is 0.321. The summed E-state index contributed by atoms with van der Waals surface area (Å²) >= 11 is -0.346. The summed E-state index contributed by atoms with van der Waals surface area (Å²) in [7, 11) is 9.71. The van der Waals surface area contributed by atoms with Crippen LogP contribution in [0.4, 0.5) is 0 Å². The Bertz CT molecular complexity index is 78.0. The number of hydrogen-bond acceptors (Lipinski definition) is 0. The van der Waals surface area contributed by atoms with Crippen molar-refractivity contribution in [1.82, 2.24) is 0 Å². The second-order valence-corrected chi connectivity index (χ2v) is 3.65. The number of hydrogen-bond donors (Lipinski definition) is 0. The van der Waals surface area contributed by atoms with E-state index in [1.54, 1.807) is 0 Å². The maximum Gasteiger partial charge on any atom is -0.172 e. The number of halogens is 2. The van der Waals surface area contributed by atoms with Gasteiger partial charge in [-0.3, -0.25) is 0 Å². The average Bonchev–Trinajstić information content (AvgIpc) is 2.17. The van der Waals surface area contributed by atoms with Crippen molar-refractivity contribution in [1.29, 1.82) is 0 Å². The van der Waals surface area contributed by atoms with Crippen molar-refractivity contribution in [2.24, 2.45) is 0 Å². The molecule has 0 unspecified atom stereocenters. The molecule has 0 fully saturated rings. The predicted molar refractivity (Wildman–Crippen MR) is 40.2 cm³/mol. The van der Waals surface area contributed by atoms with E-state index in [1.165, 1.54) is 0 Å². The summed E-state index contributed by atoms with van der Waals surface area (Å²) in [5.41, 5.74) is 0. The molecule has 1 aromatic carbocycles. The van der Waals surface area contributed by atoms with Crippen LogP contribution in [-0.4, -0.2) is 0 Å². The van der Waals surface area contributed by atoms with Gasteiger partial charge in [-0.05, 0) is 0 Å². The van der Waals surface area contributed by atoms with E-state index in [2.05, 4.69) is 0 Å². The first-order chi connectivity index (χ1) is 3.91.